The monoisotopic (exact) mass is 651 g/mol. The molecule has 0 aliphatic rings. The Labute approximate surface area is 262 Å². The normalized spacial score (nSPS) is 11.8. The van der Waals surface area contributed by atoms with Crippen molar-refractivity contribution in [1.29, 1.82) is 0 Å². The van der Waals surface area contributed by atoms with Gasteiger partial charge in [0.15, 0.2) is 11.5 Å². The summed E-state index contributed by atoms with van der Waals surface area (Å²) >= 11 is 12.7. The van der Waals surface area contributed by atoms with Crippen molar-refractivity contribution in [3.63, 3.8) is 0 Å². The smallest absolute Gasteiger partial charge is 0.265 e. The number of carbonyl (C=O) groups excluding carboxylic acids is 2. The fraction of sp³-hybridized carbons (Fsp3) is 0.333. The van der Waals surface area contributed by atoms with Crippen molar-refractivity contribution in [3.05, 3.63) is 76.3 Å². The van der Waals surface area contributed by atoms with Gasteiger partial charge in [-0.25, -0.2) is 8.42 Å². The van der Waals surface area contributed by atoms with Crippen molar-refractivity contribution in [1.82, 2.24) is 10.2 Å². The fourth-order valence-electron chi connectivity index (χ4n) is 4.26. The fourth-order valence-corrected chi connectivity index (χ4v) is 6.06. The summed E-state index contributed by atoms with van der Waals surface area (Å²) in [6.07, 6.45) is 0.697. The van der Waals surface area contributed by atoms with E-state index in [0.717, 1.165) is 4.31 Å². The Kier molecular flexibility index (Phi) is 11.9. The molecular weight excluding hydrogens is 617 g/mol. The van der Waals surface area contributed by atoms with Crippen LogP contribution in [0.4, 0.5) is 5.69 Å². The van der Waals surface area contributed by atoms with Gasteiger partial charge in [-0.2, -0.15) is 0 Å². The molecule has 0 spiro atoms. The van der Waals surface area contributed by atoms with Gasteiger partial charge in [-0.15, -0.1) is 0 Å². The van der Waals surface area contributed by atoms with E-state index in [-0.39, 0.29) is 33.6 Å². The number of nitrogens with one attached hydrogen (secondary N) is 1. The van der Waals surface area contributed by atoms with Gasteiger partial charge in [-0.3, -0.25) is 13.9 Å². The number of sulfonamides is 1. The van der Waals surface area contributed by atoms with E-state index in [2.05, 4.69) is 5.32 Å². The number of methoxy groups -OCH3 is 3. The van der Waals surface area contributed by atoms with Gasteiger partial charge in [0.2, 0.25) is 11.8 Å². The Hall–Kier alpha value is -3.67. The summed E-state index contributed by atoms with van der Waals surface area (Å²) in [6, 6.07) is 14.5. The van der Waals surface area contributed by atoms with Crippen LogP contribution in [0, 0.1) is 0 Å². The molecule has 0 bridgehead atoms. The number of anilines is 1. The first kappa shape index (κ1) is 33.8. The van der Waals surface area contributed by atoms with E-state index in [1.807, 2.05) is 6.92 Å². The van der Waals surface area contributed by atoms with Gasteiger partial charge in [0.05, 0.1) is 31.9 Å². The number of rotatable bonds is 14. The summed E-state index contributed by atoms with van der Waals surface area (Å²) in [7, 11) is -0.259. The van der Waals surface area contributed by atoms with Crippen molar-refractivity contribution in [3.8, 4) is 17.2 Å². The summed E-state index contributed by atoms with van der Waals surface area (Å²) in [5.41, 5.74) is 0.612. The zero-order valence-electron chi connectivity index (χ0n) is 24.6. The molecule has 0 saturated carbocycles. The highest BCUT2D eigenvalue weighted by atomic mass is 35.5. The van der Waals surface area contributed by atoms with Gasteiger partial charge >= 0.3 is 0 Å². The number of ether oxygens (including phenoxy) is 3. The Morgan fingerprint density at radius 3 is 2.19 bits per heavy atom. The average molecular weight is 653 g/mol. The van der Waals surface area contributed by atoms with Crippen LogP contribution >= 0.6 is 23.2 Å². The van der Waals surface area contributed by atoms with Gasteiger partial charge in [-0.1, -0.05) is 48.3 Å². The zero-order valence-corrected chi connectivity index (χ0v) is 26.9. The lowest BCUT2D eigenvalue weighted by Gasteiger charge is -2.32. The van der Waals surface area contributed by atoms with E-state index in [9.17, 15) is 18.0 Å². The molecule has 1 N–H and O–H groups in total. The lowest BCUT2D eigenvalue weighted by Crippen LogP contribution is -2.51. The maximum Gasteiger partial charge on any atom is 0.265 e. The van der Waals surface area contributed by atoms with Gasteiger partial charge < -0.3 is 24.4 Å². The largest absolute Gasteiger partial charge is 0.495 e. The molecule has 13 heteroatoms. The van der Waals surface area contributed by atoms with E-state index in [0.29, 0.717) is 29.3 Å². The molecule has 0 aliphatic carbocycles. The molecule has 0 saturated heterocycles. The van der Waals surface area contributed by atoms with Crippen molar-refractivity contribution >= 4 is 50.7 Å². The van der Waals surface area contributed by atoms with E-state index < -0.39 is 34.4 Å². The molecule has 0 radical (unpaired) electrons. The van der Waals surface area contributed by atoms with Gasteiger partial charge in [-0.05, 0) is 55.3 Å². The summed E-state index contributed by atoms with van der Waals surface area (Å²) < 4.78 is 45.5. The van der Waals surface area contributed by atoms with Crippen LogP contribution < -0.4 is 23.8 Å². The molecule has 3 aromatic carbocycles. The van der Waals surface area contributed by atoms with E-state index in [1.165, 1.54) is 62.6 Å². The van der Waals surface area contributed by atoms with E-state index in [1.54, 1.807) is 31.2 Å². The summed E-state index contributed by atoms with van der Waals surface area (Å²) in [5.74, 6) is -0.397. The standard InChI is InChI=1S/C30H35Cl2N3O7S/c1-6-15-33-30(37)20(2)34(18-21-9-7-8-10-24(21)32)29(36)19-35(25-16-22(31)11-13-26(25)40-3)43(38,39)23-12-14-27(41-4)28(17-23)42-5/h7-14,16-17,20H,6,15,18-19H2,1-5H3,(H,33,37). The molecule has 1 unspecified atom stereocenters. The average Bonchev–Trinajstić information content (AvgIpc) is 3.01. The molecular formula is C30H35Cl2N3O7S. The lowest BCUT2D eigenvalue weighted by molar-refractivity contribution is -0.139. The first-order valence-corrected chi connectivity index (χ1v) is 15.6. The van der Waals surface area contributed by atoms with E-state index >= 15 is 0 Å². The first-order chi connectivity index (χ1) is 20.5. The molecule has 3 rings (SSSR count). The van der Waals surface area contributed by atoms with Crippen molar-refractivity contribution in [2.24, 2.45) is 0 Å². The highest BCUT2D eigenvalue weighted by Gasteiger charge is 2.34. The van der Waals surface area contributed by atoms with Crippen LogP contribution in [-0.2, 0) is 26.2 Å². The summed E-state index contributed by atoms with van der Waals surface area (Å²) in [4.78, 5) is 28.3. The van der Waals surface area contributed by atoms with Crippen LogP contribution in [0.15, 0.2) is 65.6 Å². The number of hydrogen-bond donors (Lipinski definition) is 1. The van der Waals surface area contributed by atoms with Crippen molar-refractivity contribution < 1.29 is 32.2 Å². The summed E-state index contributed by atoms with van der Waals surface area (Å²) in [5, 5.41) is 3.41. The minimum atomic E-state index is -4.45. The number of nitrogens with zero attached hydrogens (tertiary/aromatic N) is 2. The minimum Gasteiger partial charge on any atom is -0.495 e. The number of amides is 2. The quantitative estimate of drug-likeness (QED) is 0.256. The Morgan fingerprint density at radius 1 is 0.907 bits per heavy atom. The van der Waals surface area contributed by atoms with Crippen molar-refractivity contribution in [2.75, 3.05) is 38.7 Å². The molecule has 43 heavy (non-hydrogen) atoms. The predicted molar refractivity (Wildman–Crippen MR) is 167 cm³/mol. The third-order valence-corrected chi connectivity index (χ3v) is 9.01. The van der Waals surface area contributed by atoms with Crippen LogP contribution in [0.5, 0.6) is 17.2 Å². The predicted octanol–water partition coefficient (Wildman–Crippen LogP) is 5.16. The van der Waals surface area contributed by atoms with Crippen LogP contribution in [0.25, 0.3) is 0 Å². The zero-order chi connectivity index (χ0) is 31.7. The highest BCUT2D eigenvalue weighted by Crippen LogP contribution is 2.37. The number of benzene rings is 3. The molecule has 0 aromatic heterocycles. The second kappa shape index (κ2) is 15.2. The third kappa shape index (κ3) is 8.04. The molecule has 232 valence electrons. The Bertz CT molecular complexity index is 1550. The first-order valence-electron chi connectivity index (χ1n) is 13.4. The maximum atomic E-state index is 14.3. The number of halogens is 2. The SMILES string of the molecule is CCCNC(=O)C(C)N(Cc1ccccc1Cl)C(=O)CN(c1cc(Cl)ccc1OC)S(=O)(=O)c1ccc(OC)c(OC)c1. The number of carbonyl (C=O) groups is 2. The van der Waals surface area contributed by atoms with Crippen LogP contribution in [0.2, 0.25) is 10.0 Å². The topological polar surface area (TPSA) is 114 Å². The van der Waals surface area contributed by atoms with E-state index in [4.69, 9.17) is 37.4 Å². The molecule has 0 fully saturated rings. The Morgan fingerprint density at radius 2 is 1.56 bits per heavy atom. The van der Waals surface area contributed by atoms with Gasteiger partial charge in [0.25, 0.3) is 10.0 Å². The highest BCUT2D eigenvalue weighted by molar-refractivity contribution is 7.92. The van der Waals surface area contributed by atoms with Crippen LogP contribution in [-0.4, -0.2) is 65.6 Å². The summed E-state index contributed by atoms with van der Waals surface area (Å²) in [6.45, 7) is 3.16. The van der Waals surface area contributed by atoms with Gasteiger partial charge in [0.1, 0.15) is 18.3 Å². The Balaban J connectivity index is 2.15. The second-order valence-corrected chi connectivity index (χ2v) is 12.1. The maximum absolute atomic E-state index is 14.3. The lowest BCUT2D eigenvalue weighted by atomic mass is 10.1. The minimum absolute atomic E-state index is 0.0268. The number of hydrogen-bond acceptors (Lipinski definition) is 7. The third-order valence-electron chi connectivity index (χ3n) is 6.65. The second-order valence-electron chi connectivity index (χ2n) is 9.42. The van der Waals surface area contributed by atoms with Crippen LogP contribution in [0.3, 0.4) is 0 Å². The van der Waals surface area contributed by atoms with Crippen molar-refractivity contribution in [2.45, 2.75) is 37.8 Å². The molecule has 0 aliphatic heterocycles. The molecule has 1 atom stereocenters. The molecule has 10 nitrogen and oxygen atoms in total. The molecule has 0 heterocycles. The van der Waals surface area contributed by atoms with Gasteiger partial charge in [0, 0.05) is 29.2 Å². The molecule has 3 aromatic rings. The molecule has 2 amide bonds. The van der Waals surface area contributed by atoms with Crippen LogP contribution in [0.1, 0.15) is 25.8 Å².